The number of pyridine rings is 2. The van der Waals surface area contributed by atoms with E-state index in [4.69, 9.17) is 38.1 Å². The molecule has 0 aliphatic rings. The number of rotatable bonds is 2. The van der Waals surface area contributed by atoms with Crippen molar-refractivity contribution in [2.24, 2.45) is 0 Å². The van der Waals surface area contributed by atoms with E-state index in [1.54, 1.807) is 19.4 Å². The Kier molecular flexibility index (Phi) is 5.74. The van der Waals surface area contributed by atoms with Crippen molar-refractivity contribution in [3.05, 3.63) is 83.1 Å². The smallest absolute Gasteiger partial charge is 0.227 e. The van der Waals surface area contributed by atoms with Crippen molar-refractivity contribution in [3.63, 3.8) is 0 Å². The Bertz CT molecular complexity index is 1330. The lowest BCUT2D eigenvalue weighted by molar-refractivity contribution is 0.416. The number of fused-ring (bicyclic) bond motifs is 3. The third-order valence-electron chi connectivity index (χ3n) is 4.48. The summed E-state index contributed by atoms with van der Waals surface area (Å²) in [5, 5.41) is 3.20. The van der Waals surface area contributed by atoms with Crippen LogP contribution < -0.4 is 10.5 Å². The molecule has 2 aromatic carbocycles. The van der Waals surface area contributed by atoms with Gasteiger partial charge in [0.25, 0.3) is 0 Å². The molecule has 0 fully saturated rings. The van der Waals surface area contributed by atoms with E-state index in [-0.39, 0.29) is 0 Å². The lowest BCUT2D eigenvalue weighted by Crippen LogP contribution is -1.95. The monoisotopic (exact) mass is 437 g/mol. The SMILES string of the molecule is COc1ccccc1-c1cc(Cl)cnc1N.Clc1cnc2oc3ccccc3c2c1. The molecule has 0 unspecified atom stereocenters. The van der Waals surface area contributed by atoms with Gasteiger partial charge in [-0.3, -0.25) is 0 Å². The molecule has 0 saturated carbocycles. The molecule has 30 heavy (non-hydrogen) atoms. The number of nitrogens with zero attached hydrogens (tertiary/aromatic N) is 2. The van der Waals surface area contributed by atoms with Gasteiger partial charge in [-0.2, -0.15) is 0 Å². The molecule has 150 valence electrons. The topological polar surface area (TPSA) is 74.2 Å². The van der Waals surface area contributed by atoms with Crippen molar-refractivity contribution < 1.29 is 9.15 Å². The summed E-state index contributed by atoms with van der Waals surface area (Å²) in [6, 6.07) is 19.1. The summed E-state index contributed by atoms with van der Waals surface area (Å²) in [6.45, 7) is 0. The molecule has 0 amide bonds. The van der Waals surface area contributed by atoms with Crippen molar-refractivity contribution >= 4 is 51.1 Å². The lowest BCUT2D eigenvalue weighted by atomic mass is 10.1. The zero-order valence-electron chi connectivity index (χ0n) is 16.0. The van der Waals surface area contributed by atoms with E-state index in [9.17, 15) is 0 Å². The van der Waals surface area contributed by atoms with Gasteiger partial charge in [0.2, 0.25) is 5.71 Å². The van der Waals surface area contributed by atoms with E-state index in [0.717, 1.165) is 33.2 Å². The molecule has 0 bridgehead atoms. The van der Waals surface area contributed by atoms with Crippen molar-refractivity contribution in [2.45, 2.75) is 0 Å². The van der Waals surface area contributed by atoms with Gasteiger partial charge in [0.05, 0.1) is 17.2 Å². The van der Waals surface area contributed by atoms with E-state index in [0.29, 0.717) is 21.6 Å². The van der Waals surface area contributed by atoms with Crippen LogP contribution in [0.15, 0.2) is 77.5 Å². The predicted octanol–water partition coefficient (Wildman–Crippen LogP) is 6.63. The first-order valence-electron chi connectivity index (χ1n) is 9.04. The number of benzene rings is 2. The zero-order valence-corrected chi connectivity index (χ0v) is 17.5. The number of hydrogen-bond acceptors (Lipinski definition) is 5. The molecule has 5 nitrogen and oxygen atoms in total. The largest absolute Gasteiger partial charge is 0.496 e. The molecule has 5 aromatic rings. The van der Waals surface area contributed by atoms with Gasteiger partial charge in [-0.1, -0.05) is 59.6 Å². The Morgan fingerprint density at radius 3 is 2.37 bits per heavy atom. The molecule has 5 rings (SSSR count). The van der Waals surface area contributed by atoms with Gasteiger partial charge in [-0.15, -0.1) is 0 Å². The van der Waals surface area contributed by atoms with Crippen molar-refractivity contribution in [1.82, 2.24) is 9.97 Å². The molecular formula is C23H17Cl2N3O2. The summed E-state index contributed by atoms with van der Waals surface area (Å²) in [7, 11) is 1.62. The fraction of sp³-hybridized carbons (Fsp3) is 0.0435. The number of ether oxygens (including phenoxy) is 1. The molecule has 0 radical (unpaired) electrons. The van der Waals surface area contributed by atoms with Crippen LogP contribution in [0.1, 0.15) is 0 Å². The van der Waals surface area contributed by atoms with Gasteiger partial charge in [-0.05, 0) is 24.3 Å². The van der Waals surface area contributed by atoms with Crippen LogP contribution in [0, 0.1) is 0 Å². The van der Waals surface area contributed by atoms with Gasteiger partial charge in [-0.25, -0.2) is 9.97 Å². The van der Waals surface area contributed by atoms with Crippen LogP contribution in [0.2, 0.25) is 10.0 Å². The third kappa shape index (κ3) is 4.03. The van der Waals surface area contributed by atoms with E-state index in [2.05, 4.69) is 9.97 Å². The second-order valence-electron chi connectivity index (χ2n) is 6.39. The van der Waals surface area contributed by atoms with Gasteiger partial charge in [0.15, 0.2) is 0 Å². The van der Waals surface area contributed by atoms with Gasteiger partial charge < -0.3 is 14.9 Å². The second-order valence-corrected chi connectivity index (χ2v) is 7.26. The molecule has 0 atom stereocenters. The van der Waals surface area contributed by atoms with Gasteiger partial charge in [0, 0.05) is 34.3 Å². The molecule has 0 saturated heterocycles. The molecular weight excluding hydrogens is 421 g/mol. The Morgan fingerprint density at radius 2 is 1.53 bits per heavy atom. The number of halogens is 2. The molecule has 0 aliphatic heterocycles. The highest BCUT2D eigenvalue weighted by molar-refractivity contribution is 6.31. The maximum atomic E-state index is 5.90. The minimum Gasteiger partial charge on any atom is -0.496 e. The summed E-state index contributed by atoms with van der Waals surface area (Å²) in [5.41, 5.74) is 8.97. The van der Waals surface area contributed by atoms with Crippen LogP contribution in [0.25, 0.3) is 33.2 Å². The molecule has 0 aliphatic carbocycles. The first kappa shape index (κ1) is 20.0. The number of methoxy groups -OCH3 is 1. The van der Waals surface area contributed by atoms with Crippen LogP contribution in [-0.2, 0) is 0 Å². The highest BCUT2D eigenvalue weighted by Gasteiger charge is 2.09. The number of para-hydroxylation sites is 2. The zero-order chi connectivity index (χ0) is 21.1. The van der Waals surface area contributed by atoms with Gasteiger partial charge in [0.1, 0.15) is 17.2 Å². The van der Waals surface area contributed by atoms with Crippen LogP contribution in [0.4, 0.5) is 5.82 Å². The maximum absolute atomic E-state index is 5.90. The average molecular weight is 438 g/mol. The fourth-order valence-corrected chi connectivity index (χ4v) is 3.43. The summed E-state index contributed by atoms with van der Waals surface area (Å²) in [4.78, 5) is 8.14. The Labute approximate surface area is 183 Å². The Morgan fingerprint density at radius 1 is 0.833 bits per heavy atom. The van der Waals surface area contributed by atoms with E-state index in [1.165, 1.54) is 6.20 Å². The average Bonchev–Trinajstić information content (AvgIpc) is 3.14. The predicted molar refractivity (Wildman–Crippen MR) is 122 cm³/mol. The van der Waals surface area contributed by atoms with Crippen LogP contribution in [0.5, 0.6) is 5.75 Å². The number of hydrogen-bond donors (Lipinski definition) is 1. The maximum Gasteiger partial charge on any atom is 0.227 e. The second kappa shape index (κ2) is 8.61. The quantitative estimate of drug-likeness (QED) is 0.335. The number of furan rings is 1. The minimum absolute atomic E-state index is 0.439. The number of nitrogens with two attached hydrogens (primary N) is 1. The van der Waals surface area contributed by atoms with Gasteiger partial charge >= 0.3 is 0 Å². The Balaban J connectivity index is 0.000000146. The van der Waals surface area contributed by atoms with Crippen molar-refractivity contribution in [2.75, 3.05) is 12.8 Å². The minimum atomic E-state index is 0.439. The first-order chi connectivity index (χ1) is 14.6. The highest BCUT2D eigenvalue weighted by atomic mass is 35.5. The first-order valence-corrected chi connectivity index (χ1v) is 9.79. The molecule has 2 N–H and O–H groups in total. The summed E-state index contributed by atoms with van der Waals surface area (Å²) >= 11 is 11.8. The molecule has 3 aromatic heterocycles. The van der Waals surface area contributed by atoms with E-state index >= 15 is 0 Å². The fourth-order valence-electron chi connectivity index (χ4n) is 3.12. The summed E-state index contributed by atoms with van der Waals surface area (Å²) in [6.07, 6.45) is 3.11. The standard InChI is InChI=1S/C12H11ClN2O.C11H6ClNO/c1-16-11-5-3-2-4-9(11)10-6-8(13)7-15-12(10)14;12-7-5-9-8-3-1-2-4-10(8)14-11(9)13-6-7/h2-7H,1H3,(H2,14,15);1-6H. The third-order valence-corrected chi connectivity index (χ3v) is 4.90. The van der Waals surface area contributed by atoms with Crippen LogP contribution in [0.3, 0.4) is 0 Å². The summed E-state index contributed by atoms with van der Waals surface area (Å²) < 4.78 is 10.8. The Hall–Kier alpha value is -3.28. The number of nitrogen functional groups attached to an aromatic ring is 1. The van der Waals surface area contributed by atoms with E-state index < -0.39 is 0 Å². The van der Waals surface area contributed by atoms with Crippen molar-refractivity contribution in [1.29, 1.82) is 0 Å². The van der Waals surface area contributed by atoms with Crippen LogP contribution >= 0.6 is 23.2 Å². The molecule has 3 heterocycles. The van der Waals surface area contributed by atoms with E-state index in [1.807, 2.05) is 54.6 Å². The summed E-state index contributed by atoms with van der Waals surface area (Å²) in [5.74, 6) is 1.19. The van der Waals surface area contributed by atoms with Crippen LogP contribution in [-0.4, -0.2) is 17.1 Å². The normalized spacial score (nSPS) is 10.6. The number of anilines is 1. The highest BCUT2D eigenvalue weighted by Crippen LogP contribution is 2.34. The molecule has 0 spiro atoms. The lowest BCUT2D eigenvalue weighted by Gasteiger charge is -2.10. The number of aromatic nitrogens is 2. The molecule has 7 heteroatoms. The van der Waals surface area contributed by atoms with Crippen molar-refractivity contribution in [3.8, 4) is 16.9 Å².